The van der Waals surface area contributed by atoms with Crippen LogP contribution < -0.4 is 0 Å². The van der Waals surface area contributed by atoms with Gasteiger partial charge in [0.1, 0.15) is 97.7 Å². The Morgan fingerprint density at radius 1 is 0.396 bits per heavy atom. The van der Waals surface area contributed by atoms with E-state index in [1.807, 2.05) is 0 Å². The Labute approximate surface area is 304 Å². The fraction of sp³-hybridized carbons (Fsp3) is 1.00. The molecule has 4 saturated heterocycles. The molecule has 0 aromatic rings. The Hall–Kier alpha value is -0.880. The van der Waals surface area contributed by atoms with Crippen molar-refractivity contribution in [3.8, 4) is 0 Å². The van der Waals surface area contributed by atoms with Crippen molar-refractivity contribution in [2.24, 2.45) is 5.41 Å². The Morgan fingerprint density at radius 3 is 1.00 bits per heavy atom. The van der Waals surface area contributed by atoms with E-state index in [-0.39, 0.29) is 13.2 Å². The van der Waals surface area contributed by atoms with E-state index in [4.69, 9.17) is 37.9 Å². The van der Waals surface area contributed by atoms with Crippen LogP contribution in [-0.4, -0.2) is 234 Å². The van der Waals surface area contributed by atoms with E-state index in [1.165, 1.54) is 0 Å². The number of aliphatic hydroxyl groups excluding tert-OH is 14. The third kappa shape index (κ3) is 9.64. The molecule has 4 aliphatic heterocycles. The van der Waals surface area contributed by atoms with Crippen LogP contribution in [0.15, 0.2) is 0 Å². The van der Waals surface area contributed by atoms with Gasteiger partial charge in [0.15, 0.2) is 25.2 Å². The molecule has 0 saturated carbocycles. The molecule has 0 spiro atoms. The molecule has 4 aliphatic rings. The van der Waals surface area contributed by atoms with Crippen molar-refractivity contribution in [1.82, 2.24) is 0 Å². The minimum Gasteiger partial charge on any atom is -0.394 e. The second kappa shape index (κ2) is 19.5. The molecule has 4 heterocycles. The van der Waals surface area contributed by atoms with Crippen molar-refractivity contribution < 1.29 is 109 Å². The fourth-order valence-corrected chi connectivity index (χ4v) is 6.60. The SMILES string of the molecule is CCC(CC)(CO[C@@H]1O[C@H](CO)[C@@H](O[C@H]2O[C@H](CO)[C@@H](O)[C@H](O)[C@H]2O)[C@H](O)[C@H]1O)CO[C@@H]1O[C@H](CO)[C@@H](O[C@H]2O[C@H](CO)[C@@H](O)[C@H](O)[C@H]2O)[C@H](O)[C@H]1O. The second-order valence-electron chi connectivity index (χ2n) is 13.8. The lowest BCUT2D eigenvalue weighted by Crippen LogP contribution is -2.65. The van der Waals surface area contributed by atoms with Gasteiger partial charge in [-0.25, -0.2) is 0 Å². The topological polar surface area (TPSA) is 357 Å². The van der Waals surface area contributed by atoms with E-state index >= 15 is 0 Å². The number of rotatable bonds is 16. The van der Waals surface area contributed by atoms with Crippen molar-refractivity contribution in [3.05, 3.63) is 0 Å². The highest BCUT2D eigenvalue weighted by molar-refractivity contribution is 4.96. The zero-order valence-electron chi connectivity index (χ0n) is 29.2. The predicted molar refractivity (Wildman–Crippen MR) is 168 cm³/mol. The van der Waals surface area contributed by atoms with Crippen LogP contribution in [0.25, 0.3) is 0 Å². The van der Waals surface area contributed by atoms with Crippen LogP contribution in [0.3, 0.4) is 0 Å². The van der Waals surface area contributed by atoms with Gasteiger partial charge in [0.25, 0.3) is 0 Å². The van der Waals surface area contributed by atoms with Gasteiger partial charge < -0.3 is 109 Å². The molecule has 22 nitrogen and oxygen atoms in total. The van der Waals surface area contributed by atoms with Crippen LogP contribution in [0, 0.1) is 5.41 Å². The van der Waals surface area contributed by atoms with Crippen LogP contribution in [0.2, 0.25) is 0 Å². The van der Waals surface area contributed by atoms with Gasteiger partial charge in [0, 0.05) is 5.41 Å². The first kappa shape index (κ1) is 44.8. The first-order valence-corrected chi connectivity index (χ1v) is 17.5. The molecule has 0 amide bonds. The van der Waals surface area contributed by atoms with Gasteiger partial charge in [-0.2, -0.15) is 0 Å². The summed E-state index contributed by atoms with van der Waals surface area (Å²) in [5.74, 6) is 0. The van der Waals surface area contributed by atoms with Gasteiger partial charge in [-0.1, -0.05) is 13.8 Å². The molecule has 53 heavy (non-hydrogen) atoms. The maximum atomic E-state index is 11.0. The summed E-state index contributed by atoms with van der Waals surface area (Å²) in [6.45, 7) is 0.167. The number of aliphatic hydroxyl groups is 14. The maximum Gasteiger partial charge on any atom is 0.187 e. The monoisotopic (exact) mass is 780 g/mol. The Balaban J connectivity index is 1.36. The van der Waals surface area contributed by atoms with Gasteiger partial charge in [-0.15, -0.1) is 0 Å². The van der Waals surface area contributed by atoms with Crippen LogP contribution in [0.4, 0.5) is 0 Å². The van der Waals surface area contributed by atoms with Crippen molar-refractivity contribution >= 4 is 0 Å². The molecule has 22 heteroatoms. The lowest BCUT2D eigenvalue weighted by atomic mass is 9.84. The molecule has 312 valence electrons. The third-order valence-corrected chi connectivity index (χ3v) is 10.5. The summed E-state index contributed by atoms with van der Waals surface area (Å²) in [5.41, 5.74) is -0.876. The average molecular weight is 781 g/mol. The second-order valence-corrected chi connectivity index (χ2v) is 13.8. The molecule has 0 radical (unpaired) electrons. The number of hydrogen-bond donors (Lipinski definition) is 14. The highest BCUT2D eigenvalue weighted by Gasteiger charge is 2.53. The van der Waals surface area contributed by atoms with E-state index in [9.17, 15) is 71.5 Å². The first-order chi connectivity index (χ1) is 25.1. The minimum atomic E-state index is -1.83. The van der Waals surface area contributed by atoms with Crippen LogP contribution in [-0.2, 0) is 37.9 Å². The van der Waals surface area contributed by atoms with Crippen LogP contribution in [0.5, 0.6) is 0 Å². The molecule has 4 rings (SSSR count). The zero-order chi connectivity index (χ0) is 39.4. The predicted octanol–water partition coefficient (Wildman–Crippen LogP) is -7.93. The van der Waals surface area contributed by atoms with E-state index in [2.05, 4.69) is 0 Å². The highest BCUT2D eigenvalue weighted by Crippen LogP contribution is 2.35. The summed E-state index contributed by atoms with van der Waals surface area (Å²) in [4.78, 5) is 0. The molecule has 20 atom stereocenters. The minimum absolute atomic E-state index is 0.192. The van der Waals surface area contributed by atoms with Crippen molar-refractivity contribution in [1.29, 1.82) is 0 Å². The van der Waals surface area contributed by atoms with E-state index in [1.54, 1.807) is 13.8 Å². The normalized spacial score (nSPS) is 47.1. The van der Waals surface area contributed by atoms with Crippen LogP contribution >= 0.6 is 0 Å². The number of ether oxygens (including phenoxy) is 8. The molecule has 14 N–H and O–H groups in total. The summed E-state index contributed by atoms with van der Waals surface area (Å²) in [7, 11) is 0. The standard InChI is InChI=1S/C31H56O22/c1-3-31(4-2,9-46-27-23(44)19(40)25(13(7-34)50-27)52-29-21(42)17(38)15(36)11(5-32)48-29)10-47-28-24(45)20(41)26(14(8-35)51-28)53-30-22(43)18(39)16(37)12(6-33)49-30/h11-30,32-45H,3-10H2,1-2H3/t11-,12-,13-,14-,15-,16-,17+,18+,19-,20-,21-,22-,23-,24-,25-,26-,27-,28-,29-,30-/m1/s1. The van der Waals surface area contributed by atoms with Crippen molar-refractivity contribution in [2.45, 2.75) is 150 Å². The third-order valence-electron chi connectivity index (χ3n) is 10.5. The summed E-state index contributed by atoms with van der Waals surface area (Å²) in [5, 5.41) is 144. The van der Waals surface area contributed by atoms with Gasteiger partial charge in [0.2, 0.25) is 0 Å². The molecule has 0 bridgehead atoms. The van der Waals surface area contributed by atoms with Gasteiger partial charge >= 0.3 is 0 Å². The van der Waals surface area contributed by atoms with E-state index < -0.39 is 155 Å². The Bertz CT molecular complexity index is 1000. The quantitative estimate of drug-likeness (QED) is 0.0691. The maximum absolute atomic E-state index is 11.0. The Kier molecular flexibility index (Phi) is 16.5. The average Bonchev–Trinajstić information content (AvgIpc) is 3.16. The van der Waals surface area contributed by atoms with Gasteiger partial charge in [-0.3, -0.25) is 0 Å². The molecular formula is C31H56O22. The fourth-order valence-electron chi connectivity index (χ4n) is 6.60. The first-order valence-electron chi connectivity index (χ1n) is 17.5. The molecule has 0 aliphatic carbocycles. The van der Waals surface area contributed by atoms with Crippen molar-refractivity contribution in [2.75, 3.05) is 39.6 Å². The molecule has 0 unspecified atom stereocenters. The van der Waals surface area contributed by atoms with Gasteiger partial charge in [-0.05, 0) is 12.8 Å². The summed E-state index contributed by atoms with van der Waals surface area (Å²) in [6, 6.07) is 0. The molecule has 0 aromatic carbocycles. The van der Waals surface area contributed by atoms with Crippen LogP contribution in [0.1, 0.15) is 26.7 Å². The number of hydrogen-bond acceptors (Lipinski definition) is 22. The summed E-state index contributed by atoms with van der Waals surface area (Å²) >= 11 is 0. The van der Waals surface area contributed by atoms with Gasteiger partial charge in [0.05, 0.1) is 39.6 Å². The van der Waals surface area contributed by atoms with Crippen molar-refractivity contribution in [3.63, 3.8) is 0 Å². The largest absolute Gasteiger partial charge is 0.394 e. The lowest BCUT2D eigenvalue weighted by Gasteiger charge is -2.47. The lowest BCUT2D eigenvalue weighted by molar-refractivity contribution is -0.365. The van der Waals surface area contributed by atoms with E-state index in [0.29, 0.717) is 12.8 Å². The molecule has 0 aromatic heterocycles. The smallest absolute Gasteiger partial charge is 0.187 e. The van der Waals surface area contributed by atoms with E-state index in [0.717, 1.165) is 0 Å². The Morgan fingerprint density at radius 2 is 0.698 bits per heavy atom. The zero-order valence-corrected chi connectivity index (χ0v) is 29.2. The molecular weight excluding hydrogens is 724 g/mol. The highest BCUT2D eigenvalue weighted by atomic mass is 16.8. The summed E-state index contributed by atoms with van der Waals surface area (Å²) < 4.78 is 44.9. The molecule has 4 fully saturated rings. The summed E-state index contributed by atoms with van der Waals surface area (Å²) in [6.07, 6.45) is -31.9.